The first-order valence-corrected chi connectivity index (χ1v) is 8.75. The molecule has 3 aromatic rings. The van der Waals surface area contributed by atoms with Gasteiger partial charge in [-0.15, -0.1) is 11.3 Å². The molecule has 0 amide bonds. The summed E-state index contributed by atoms with van der Waals surface area (Å²) in [6.45, 7) is 3.57. The summed E-state index contributed by atoms with van der Waals surface area (Å²) in [6, 6.07) is 6.49. The van der Waals surface area contributed by atoms with Crippen LogP contribution >= 0.6 is 11.3 Å². The molecule has 6 nitrogen and oxygen atoms in total. The van der Waals surface area contributed by atoms with Crippen molar-refractivity contribution in [1.82, 2.24) is 24.5 Å². The van der Waals surface area contributed by atoms with Crippen LogP contribution in [0, 0.1) is 0 Å². The van der Waals surface area contributed by atoms with Crippen molar-refractivity contribution in [3.05, 3.63) is 29.4 Å². The van der Waals surface area contributed by atoms with Gasteiger partial charge in [0.1, 0.15) is 11.4 Å². The van der Waals surface area contributed by atoms with E-state index in [9.17, 15) is 0 Å². The zero-order valence-electron chi connectivity index (χ0n) is 13.3. The van der Waals surface area contributed by atoms with Gasteiger partial charge >= 0.3 is 0 Å². The monoisotopic (exact) mass is 329 g/mol. The molecule has 1 atom stereocenters. The normalized spacial score (nSPS) is 17.9. The van der Waals surface area contributed by atoms with E-state index in [1.807, 2.05) is 22.5 Å². The van der Waals surface area contributed by atoms with Gasteiger partial charge in [-0.25, -0.2) is 9.67 Å². The highest BCUT2D eigenvalue weighted by molar-refractivity contribution is 7.13. The van der Waals surface area contributed by atoms with Crippen molar-refractivity contribution in [1.29, 1.82) is 0 Å². The van der Waals surface area contributed by atoms with Crippen LogP contribution in [-0.4, -0.2) is 37.8 Å². The molecule has 1 unspecified atom stereocenters. The Morgan fingerprint density at radius 2 is 2.30 bits per heavy atom. The molecule has 0 aliphatic carbocycles. The molecule has 0 radical (unpaired) electrons. The smallest absolute Gasteiger partial charge is 0.177 e. The predicted octanol–water partition coefficient (Wildman–Crippen LogP) is 2.93. The fraction of sp³-hybridized carbons (Fsp3) is 0.438. The number of nitrogens with zero attached hydrogens (tertiary/aromatic N) is 5. The standard InChI is InChI=1S/C16H19N5OS/c1-3-15-17-16(21(19-15)11-6-7-22-10-11)13-9-12(18-20(13)2)14-5-4-8-23-14/h4-5,8-9,11H,3,6-7,10H2,1-2H3. The Kier molecular flexibility index (Phi) is 3.74. The van der Waals surface area contributed by atoms with Gasteiger partial charge in [0.25, 0.3) is 0 Å². The third-order valence-electron chi connectivity index (χ3n) is 4.13. The largest absolute Gasteiger partial charge is 0.379 e. The molecule has 0 aromatic carbocycles. The van der Waals surface area contributed by atoms with Crippen LogP contribution in [0.2, 0.25) is 0 Å². The van der Waals surface area contributed by atoms with E-state index in [-0.39, 0.29) is 6.04 Å². The fourth-order valence-corrected chi connectivity index (χ4v) is 3.56. The molecular formula is C16H19N5OS. The topological polar surface area (TPSA) is 57.8 Å². The van der Waals surface area contributed by atoms with Crippen LogP contribution in [0.25, 0.3) is 22.1 Å². The highest BCUT2D eigenvalue weighted by atomic mass is 32.1. The minimum atomic E-state index is 0.262. The number of ether oxygens (including phenoxy) is 1. The predicted molar refractivity (Wildman–Crippen MR) is 89.4 cm³/mol. The van der Waals surface area contributed by atoms with Crippen LogP contribution in [0.1, 0.15) is 25.2 Å². The Labute approximate surface area is 138 Å². The van der Waals surface area contributed by atoms with Crippen LogP contribution < -0.4 is 0 Å². The summed E-state index contributed by atoms with van der Waals surface area (Å²) in [5.74, 6) is 1.75. The highest BCUT2D eigenvalue weighted by Crippen LogP contribution is 2.30. The second-order valence-corrected chi connectivity index (χ2v) is 6.63. The number of hydrogen-bond acceptors (Lipinski definition) is 5. The van der Waals surface area contributed by atoms with E-state index in [4.69, 9.17) is 9.72 Å². The summed E-state index contributed by atoms with van der Waals surface area (Å²) >= 11 is 1.69. The lowest BCUT2D eigenvalue weighted by Crippen LogP contribution is -2.13. The minimum absolute atomic E-state index is 0.262. The summed E-state index contributed by atoms with van der Waals surface area (Å²) in [7, 11) is 1.96. The first-order valence-electron chi connectivity index (χ1n) is 7.87. The van der Waals surface area contributed by atoms with E-state index in [1.54, 1.807) is 11.3 Å². The zero-order valence-corrected chi connectivity index (χ0v) is 14.1. The first-order chi connectivity index (χ1) is 11.3. The third-order valence-corrected chi connectivity index (χ3v) is 5.02. The fourth-order valence-electron chi connectivity index (χ4n) is 2.88. The van der Waals surface area contributed by atoms with Gasteiger partial charge in [-0.2, -0.15) is 10.2 Å². The third kappa shape index (κ3) is 2.60. The molecule has 7 heteroatoms. The van der Waals surface area contributed by atoms with Gasteiger partial charge in [0.2, 0.25) is 0 Å². The van der Waals surface area contributed by atoms with Gasteiger partial charge in [0.05, 0.1) is 17.5 Å². The second-order valence-electron chi connectivity index (χ2n) is 5.68. The van der Waals surface area contributed by atoms with Crippen molar-refractivity contribution in [2.45, 2.75) is 25.8 Å². The molecule has 1 aliphatic heterocycles. The molecule has 1 fully saturated rings. The lowest BCUT2D eigenvalue weighted by molar-refractivity contribution is 0.184. The van der Waals surface area contributed by atoms with Crippen LogP contribution in [0.15, 0.2) is 23.6 Å². The van der Waals surface area contributed by atoms with E-state index in [1.165, 1.54) is 0 Å². The molecule has 3 aromatic heterocycles. The summed E-state index contributed by atoms with van der Waals surface area (Å²) in [4.78, 5) is 5.90. The molecule has 0 bridgehead atoms. The van der Waals surface area contributed by atoms with Crippen LogP contribution in [0.3, 0.4) is 0 Å². The second kappa shape index (κ2) is 5.90. The van der Waals surface area contributed by atoms with Crippen molar-refractivity contribution in [3.63, 3.8) is 0 Å². The molecule has 0 saturated carbocycles. The van der Waals surface area contributed by atoms with Crippen molar-refractivity contribution in [2.24, 2.45) is 7.05 Å². The Morgan fingerprint density at radius 1 is 1.39 bits per heavy atom. The van der Waals surface area contributed by atoms with E-state index in [0.29, 0.717) is 6.61 Å². The van der Waals surface area contributed by atoms with Crippen molar-refractivity contribution < 1.29 is 4.74 Å². The summed E-state index contributed by atoms with van der Waals surface area (Å²) in [6.07, 6.45) is 1.80. The van der Waals surface area contributed by atoms with Gasteiger partial charge in [0.15, 0.2) is 11.6 Å². The molecule has 0 spiro atoms. The van der Waals surface area contributed by atoms with E-state index in [0.717, 1.165) is 47.4 Å². The van der Waals surface area contributed by atoms with Gasteiger partial charge < -0.3 is 4.74 Å². The van der Waals surface area contributed by atoms with Crippen LogP contribution in [-0.2, 0) is 18.2 Å². The van der Waals surface area contributed by atoms with E-state index >= 15 is 0 Å². The Hall–Kier alpha value is -1.99. The number of aromatic nitrogens is 5. The molecule has 4 heterocycles. The lowest BCUT2D eigenvalue weighted by Gasteiger charge is -2.11. The quantitative estimate of drug-likeness (QED) is 0.738. The SMILES string of the molecule is CCc1nc(-c2cc(-c3cccs3)nn2C)n(C2CCOC2)n1. The Morgan fingerprint density at radius 3 is 3.00 bits per heavy atom. The number of rotatable bonds is 4. The number of hydrogen-bond donors (Lipinski definition) is 0. The minimum Gasteiger partial charge on any atom is -0.379 e. The van der Waals surface area contributed by atoms with E-state index < -0.39 is 0 Å². The van der Waals surface area contributed by atoms with Gasteiger partial charge in [-0.3, -0.25) is 4.68 Å². The van der Waals surface area contributed by atoms with Crippen molar-refractivity contribution >= 4 is 11.3 Å². The van der Waals surface area contributed by atoms with Crippen LogP contribution in [0.5, 0.6) is 0 Å². The maximum atomic E-state index is 5.53. The molecule has 4 rings (SSSR count). The summed E-state index contributed by atoms with van der Waals surface area (Å²) in [5, 5.41) is 11.4. The number of thiophene rings is 1. The molecule has 120 valence electrons. The zero-order chi connectivity index (χ0) is 15.8. The van der Waals surface area contributed by atoms with Crippen molar-refractivity contribution in [2.75, 3.05) is 13.2 Å². The maximum Gasteiger partial charge on any atom is 0.177 e. The molecule has 1 saturated heterocycles. The van der Waals surface area contributed by atoms with Gasteiger partial charge in [-0.05, 0) is 23.9 Å². The first kappa shape index (κ1) is 14.6. The van der Waals surface area contributed by atoms with Crippen molar-refractivity contribution in [3.8, 4) is 22.1 Å². The molecule has 23 heavy (non-hydrogen) atoms. The summed E-state index contributed by atoms with van der Waals surface area (Å²) < 4.78 is 9.45. The van der Waals surface area contributed by atoms with E-state index in [2.05, 4.69) is 34.6 Å². The lowest BCUT2D eigenvalue weighted by atomic mass is 10.2. The Bertz CT molecular complexity index is 799. The Balaban J connectivity index is 1.79. The maximum absolute atomic E-state index is 5.53. The average molecular weight is 329 g/mol. The van der Waals surface area contributed by atoms with Crippen LogP contribution in [0.4, 0.5) is 0 Å². The highest BCUT2D eigenvalue weighted by Gasteiger charge is 2.25. The summed E-state index contributed by atoms with van der Waals surface area (Å²) in [5.41, 5.74) is 1.97. The van der Waals surface area contributed by atoms with Gasteiger partial charge in [0, 0.05) is 20.1 Å². The average Bonchev–Trinajstić information content (AvgIpc) is 3.32. The molecule has 1 aliphatic rings. The number of aryl methyl sites for hydroxylation is 2. The molecule has 0 N–H and O–H groups in total. The van der Waals surface area contributed by atoms with Gasteiger partial charge in [-0.1, -0.05) is 13.0 Å². The molecular weight excluding hydrogens is 310 g/mol.